The van der Waals surface area contributed by atoms with E-state index in [0.717, 1.165) is 6.42 Å². The minimum atomic E-state index is -0.984. The number of carboxylic acid groups (broad SMARTS) is 1. The van der Waals surface area contributed by atoms with Gasteiger partial charge in [-0.05, 0) is 19.8 Å². The SMILES string of the molecule is CCC1OCCC1C(=O)N(C)C(C)C(=O)O. The Bertz CT molecular complexity index is 279. The molecular formula is C11H19NO4. The minimum absolute atomic E-state index is 0.0593. The Labute approximate surface area is 95.4 Å². The van der Waals surface area contributed by atoms with Crippen LogP contribution in [0.1, 0.15) is 26.7 Å². The zero-order valence-corrected chi connectivity index (χ0v) is 9.97. The number of rotatable bonds is 4. The third kappa shape index (κ3) is 2.52. The molecule has 3 unspecified atom stereocenters. The standard InChI is InChI=1S/C11H19NO4/c1-4-9-8(5-6-16-9)10(13)12(3)7(2)11(14)15/h7-9H,4-6H2,1-3H3,(H,14,15). The molecule has 0 saturated carbocycles. The highest BCUT2D eigenvalue weighted by Gasteiger charge is 2.36. The van der Waals surface area contributed by atoms with Crippen molar-refractivity contribution >= 4 is 11.9 Å². The van der Waals surface area contributed by atoms with Gasteiger partial charge in [0.05, 0.1) is 12.0 Å². The molecule has 1 aliphatic rings. The van der Waals surface area contributed by atoms with Gasteiger partial charge in [0, 0.05) is 13.7 Å². The molecule has 1 heterocycles. The molecule has 1 fully saturated rings. The second kappa shape index (κ2) is 5.30. The number of carbonyl (C=O) groups excluding carboxylic acids is 1. The zero-order valence-electron chi connectivity index (χ0n) is 9.97. The van der Waals surface area contributed by atoms with Crippen LogP contribution in [-0.4, -0.2) is 47.7 Å². The molecule has 0 aliphatic carbocycles. The maximum Gasteiger partial charge on any atom is 0.326 e. The normalized spacial score (nSPS) is 26.4. The van der Waals surface area contributed by atoms with Gasteiger partial charge in [-0.3, -0.25) is 4.79 Å². The van der Waals surface area contributed by atoms with Crippen molar-refractivity contribution < 1.29 is 19.4 Å². The average Bonchev–Trinajstić information content (AvgIpc) is 2.73. The van der Waals surface area contributed by atoms with Crippen molar-refractivity contribution in [3.63, 3.8) is 0 Å². The van der Waals surface area contributed by atoms with E-state index < -0.39 is 12.0 Å². The first-order chi connectivity index (χ1) is 7.49. The summed E-state index contributed by atoms with van der Waals surface area (Å²) < 4.78 is 5.43. The van der Waals surface area contributed by atoms with Gasteiger partial charge in [0.2, 0.25) is 5.91 Å². The van der Waals surface area contributed by atoms with E-state index >= 15 is 0 Å². The largest absolute Gasteiger partial charge is 0.480 e. The van der Waals surface area contributed by atoms with Gasteiger partial charge >= 0.3 is 5.97 Å². The Hall–Kier alpha value is -1.10. The Morgan fingerprint density at radius 3 is 2.69 bits per heavy atom. The van der Waals surface area contributed by atoms with Crippen molar-refractivity contribution in [3.8, 4) is 0 Å². The summed E-state index contributed by atoms with van der Waals surface area (Å²) in [4.78, 5) is 24.1. The van der Waals surface area contributed by atoms with Crippen LogP contribution in [0.4, 0.5) is 0 Å². The molecule has 0 bridgehead atoms. The summed E-state index contributed by atoms with van der Waals surface area (Å²) >= 11 is 0. The lowest BCUT2D eigenvalue weighted by atomic mass is 9.97. The van der Waals surface area contributed by atoms with Crippen LogP contribution in [-0.2, 0) is 14.3 Å². The molecule has 1 amide bonds. The summed E-state index contributed by atoms with van der Waals surface area (Å²) in [7, 11) is 1.53. The van der Waals surface area contributed by atoms with E-state index in [9.17, 15) is 9.59 Å². The van der Waals surface area contributed by atoms with E-state index in [1.807, 2.05) is 6.92 Å². The van der Waals surface area contributed by atoms with E-state index in [2.05, 4.69) is 0 Å². The molecule has 5 heteroatoms. The lowest BCUT2D eigenvalue weighted by Crippen LogP contribution is -2.45. The molecule has 1 aliphatic heterocycles. The van der Waals surface area contributed by atoms with Crippen molar-refractivity contribution in [3.05, 3.63) is 0 Å². The summed E-state index contributed by atoms with van der Waals surface area (Å²) in [6, 6.07) is -0.786. The molecular weight excluding hydrogens is 210 g/mol. The molecule has 0 aromatic heterocycles. The minimum Gasteiger partial charge on any atom is -0.480 e. The smallest absolute Gasteiger partial charge is 0.326 e. The van der Waals surface area contributed by atoms with Crippen molar-refractivity contribution in [2.24, 2.45) is 5.92 Å². The predicted molar refractivity (Wildman–Crippen MR) is 58.0 cm³/mol. The highest BCUT2D eigenvalue weighted by molar-refractivity contribution is 5.85. The summed E-state index contributed by atoms with van der Waals surface area (Å²) in [6.07, 6.45) is 1.41. The molecule has 92 valence electrons. The maximum absolute atomic E-state index is 12.0. The van der Waals surface area contributed by atoms with Gasteiger partial charge in [-0.1, -0.05) is 6.92 Å². The molecule has 5 nitrogen and oxygen atoms in total. The molecule has 1 saturated heterocycles. The highest BCUT2D eigenvalue weighted by atomic mass is 16.5. The Morgan fingerprint density at radius 2 is 2.19 bits per heavy atom. The van der Waals surface area contributed by atoms with Gasteiger partial charge in [0.25, 0.3) is 0 Å². The number of likely N-dealkylation sites (N-methyl/N-ethyl adjacent to an activating group) is 1. The summed E-state index contributed by atoms with van der Waals surface area (Å²) in [5, 5.41) is 8.84. The van der Waals surface area contributed by atoms with Crippen LogP contribution in [0.5, 0.6) is 0 Å². The summed E-state index contributed by atoms with van der Waals surface area (Å²) in [6.45, 7) is 4.07. The van der Waals surface area contributed by atoms with Crippen molar-refractivity contribution in [1.29, 1.82) is 0 Å². The number of hydrogen-bond acceptors (Lipinski definition) is 3. The lowest BCUT2D eigenvalue weighted by Gasteiger charge is -2.26. The number of carbonyl (C=O) groups is 2. The number of carboxylic acids is 1. The van der Waals surface area contributed by atoms with Crippen molar-refractivity contribution in [1.82, 2.24) is 4.90 Å². The highest BCUT2D eigenvalue weighted by Crippen LogP contribution is 2.25. The van der Waals surface area contributed by atoms with Gasteiger partial charge in [-0.2, -0.15) is 0 Å². The molecule has 16 heavy (non-hydrogen) atoms. The predicted octanol–water partition coefficient (Wildman–Crippen LogP) is 0.733. The first-order valence-electron chi connectivity index (χ1n) is 5.60. The summed E-state index contributed by atoms with van der Waals surface area (Å²) in [5.41, 5.74) is 0. The second-order valence-corrected chi connectivity index (χ2v) is 4.18. The molecule has 1 rings (SSSR count). The van der Waals surface area contributed by atoms with Crippen LogP contribution < -0.4 is 0 Å². The van der Waals surface area contributed by atoms with Crippen LogP contribution in [0.25, 0.3) is 0 Å². The van der Waals surface area contributed by atoms with Gasteiger partial charge < -0.3 is 14.7 Å². The van der Waals surface area contributed by atoms with Crippen LogP contribution in [0.3, 0.4) is 0 Å². The number of ether oxygens (including phenoxy) is 1. The first-order valence-corrected chi connectivity index (χ1v) is 5.60. The number of hydrogen-bond donors (Lipinski definition) is 1. The Morgan fingerprint density at radius 1 is 1.56 bits per heavy atom. The lowest BCUT2D eigenvalue weighted by molar-refractivity contribution is -0.150. The fraction of sp³-hybridized carbons (Fsp3) is 0.818. The van der Waals surface area contributed by atoms with Gasteiger partial charge in [-0.15, -0.1) is 0 Å². The van der Waals surface area contributed by atoms with Crippen LogP contribution >= 0.6 is 0 Å². The zero-order chi connectivity index (χ0) is 12.3. The summed E-state index contributed by atoms with van der Waals surface area (Å²) in [5.74, 6) is -1.29. The third-order valence-corrected chi connectivity index (χ3v) is 3.22. The Balaban J connectivity index is 2.66. The topological polar surface area (TPSA) is 66.8 Å². The number of amides is 1. The van der Waals surface area contributed by atoms with Crippen molar-refractivity contribution in [2.45, 2.75) is 38.8 Å². The van der Waals surface area contributed by atoms with E-state index in [1.54, 1.807) is 0 Å². The second-order valence-electron chi connectivity index (χ2n) is 4.18. The van der Waals surface area contributed by atoms with Crippen molar-refractivity contribution in [2.75, 3.05) is 13.7 Å². The maximum atomic E-state index is 12.0. The quantitative estimate of drug-likeness (QED) is 0.771. The fourth-order valence-electron chi connectivity index (χ4n) is 1.95. The van der Waals surface area contributed by atoms with Gasteiger partial charge in [0.1, 0.15) is 6.04 Å². The van der Waals surface area contributed by atoms with E-state index in [1.165, 1.54) is 18.9 Å². The molecule has 0 radical (unpaired) electrons. The molecule has 0 aromatic carbocycles. The third-order valence-electron chi connectivity index (χ3n) is 3.22. The van der Waals surface area contributed by atoms with Crippen LogP contribution in [0, 0.1) is 5.92 Å². The van der Waals surface area contributed by atoms with E-state index in [0.29, 0.717) is 13.0 Å². The van der Waals surface area contributed by atoms with Gasteiger partial charge in [0.15, 0.2) is 0 Å². The Kier molecular flexibility index (Phi) is 4.29. The molecule has 0 spiro atoms. The molecule has 3 atom stereocenters. The number of aliphatic carboxylic acids is 1. The van der Waals surface area contributed by atoms with Crippen LogP contribution in [0.2, 0.25) is 0 Å². The molecule has 1 N–H and O–H groups in total. The average molecular weight is 229 g/mol. The van der Waals surface area contributed by atoms with E-state index in [4.69, 9.17) is 9.84 Å². The monoisotopic (exact) mass is 229 g/mol. The van der Waals surface area contributed by atoms with E-state index in [-0.39, 0.29) is 17.9 Å². The molecule has 0 aromatic rings. The van der Waals surface area contributed by atoms with Gasteiger partial charge in [-0.25, -0.2) is 4.79 Å². The fourth-order valence-corrected chi connectivity index (χ4v) is 1.95. The first kappa shape index (κ1) is 13.0. The number of nitrogens with zero attached hydrogens (tertiary/aromatic N) is 1. The van der Waals surface area contributed by atoms with Crippen LogP contribution in [0.15, 0.2) is 0 Å².